The van der Waals surface area contributed by atoms with Crippen molar-refractivity contribution in [3.05, 3.63) is 12.2 Å². The number of hydrogen-bond acceptors (Lipinski definition) is 4. The molecule has 0 aliphatic carbocycles. The molecule has 5 nitrogen and oxygen atoms in total. The third-order valence-electron chi connectivity index (χ3n) is 1.96. The first-order chi connectivity index (χ1) is 6.56. The number of nitrogens with zero attached hydrogens (tertiary/aromatic N) is 1. The maximum Gasteiger partial charge on any atom is 0.310 e. The summed E-state index contributed by atoms with van der Waals surface area (Å²) < 4.78 is 4.48. The van der Waals surface area contributed by atoms with Crippen molar-refractivity contribution >= 4 is 17.8 Å². The van der Waals surface area contributed by atoms with E-state index in [0.29, 0.717) is 0 Å². The van der Waals surface area contributed by atoms with Crippen molar-refractivity contribution < 1.29 is 19.1 Å². The summed E-state index contributed by atoms with van der Waals surface area (Å²) in [5.41, 5.74) is 0. The zero-order valence-electron chi connectivity index (χ0n) is 8.02. The Bertz CT molecular complexity index is 290. The van der Waals surface area contributed by atoms with Crippen molar-refractivity contribution in [3.8, 4) is 0 Å². The summed E-state index contributed by atoms with van der Waals surface area (Å²) in [6, 6.07) is 0. The van der Waals surface area contributed by atoms with Gasteiger partial charge in [0.25, 0.3) is 11.8 Å². The van der Waals surface area contributed by atoms with E-state index >= 15 is 0 Å². The molecule has 2 amide bonds. The predicted octanol–water partition coefficient (Wildman–Crippen LogP) is -0.280. The van der Waals surface area contributed by atoms with Crippen LogP contribution in [0.2, 0.25) is 0 Å². The van der Waals surface area contributed by atoms with Gasteiger partial charge in [0.15, 0.2) is 0 Å². The SMILES string of the molecule is COC(=O)C(C)CN1C(=O)C=CC1=O. The van der Waals surface area contributed by atoms with Crippen LogP contribution in [0, 0.1) is 5.92 Å². The fraction of sp³-hybridized carbons (Fsp3) is 0.444. The Morgan fingerprint density at radius 1 is 1.43 bits per heavy atom. The van der Waals surface area contributed by atoms with Gasteiger partial charge in [-0.15, -0.1) is 0 Å². The van der Waals surface area contributed by atoms with Gasteiger partial charge in [-0.25, -0.2) is 0 Å². The summed E-state index contributed by atoms with van der Waals surface area (Å²) in [6.07, 6.45) is 2.37. The van der Waals surface area contributed by atoms with E-state index in [1.807, 2.05) is 0 Å². The van der Waals surface area contributed by atoms with Crippen molar-refractivity contribution in [2.45, 2.75) is 6.92 Å². The first-order valence-corrected chi connectivity index (χ1v) is 4.17. The highest BCUT2D eigenvalue weighted by Gasteiger charge is 2.27. The summed E-state index contributed by atoms with van der Waals surface area (Å²) in [4.78, 5) is 34.2. The third kappa shape index (κ3) is 1.99. The maximum absolute atomic E-state index is 11.1. The molecule has 0 radical (unpaired) electrons. The summed E-state index contributed by atoms with van der Waals surface area (Å²) in [6.45, 7) is 1.67. The molecule has 1 aliphatic heterocycles. The van der Waals surface area contributed by atoms with Gasteiger partial charge in [0.05, 0.1) is 13.0 Å². The van der Waals surface area contributed by atoms with Crippen LogP contribution in [0.25, 0.3) is 0 Å². The Morgan fingerprint density at radius 3 is 2.36 bits per heavy atom. The largest absolute Gasteiger partial charge is 0.469 e. The number of imide groups is 1. The second-order valence-electron chi connectivity index (χ2n) is 3.04. The first kappa shape index (κ1) is 10.4. The zero-order chi connectivity index (χ0) is 10.7. The highest BCUT2D eigenvalue weighted by atomic mass is 16.5. The molecule has 0 spiro atoms. The number of carbonyl (C=O) groups is 3. The smallest absolute Gasteiger partial charge is 0.310 e. The molecule has 0 aromatic rings. The number of hydrogen-bond donors (Lipinski definition) is 0. The van der Waals surface area contributed by atoms with E-state index in [-0.39, 0.29) is 18.4 Å². The zero-order valence-corrected chi connectivity index (χ0v) is 8.02. The summed E-state index contributed by atoms with van der Waals surface area (Å²) in [5, 5.41) is 0. The quantitative estimate of drug-likeness (QED) is 0.461. The molecule has 0 N–H and O–H groups in total. The van der Waals surface area contributed by atoms with Crippen molar-refractivity contribution in [2.75, 3.05) is 13.7 Å². The number of methoxy groups -OCH3 is 1. The van der Waals surface area contributed by atoms with Crippen LogP contribution in [0.15, 0.2) is 12.2 Å². The van der Waals surface area contributed by atoms with Gasteiger partial charge >= 0.3 is 5.97 Å². The van der Waals surface area contributed by atoms with E-state index in [1.165, 1.54) is 19.3 Å². The highest BCUT2D eigenvalue weighted by molar-refractivity contribution is 6.13. The van der Waals surface area contributed by atoms with Gasteiger partial charge in [-0.05, 0) is 0 Å². The molecule has 14 heavy (non-hydrogen) atoms. The van der Waals surface area contributed by atoms with Gasteiger partial charge in [-0.3, -0.25) is 19.3 Å². The van der Waals surface area contributed by atoms with E-state index in [9.17, 15) is 14.4 Å². The maximum atomic E-state index is 11.1. The van der Waals surface area contributed by atoms with Crippen LogP contribution >= 0.6 is 0 Å². The Kier molecular flexibility index (Phi) is 3.01. The summed E-state index contributed by atoms with van der Waals surface area (Å²) >= 11 is 0. The van der Waals surface area contributed by atoms with Crippen molar-refractivity contribution in [1.29, 1.82) is 0 Å². The molecule has 1 atom stereocenters. The molecule has 0 saturated carbocycles. The van der Waals surface area contributed by atoms with Gasteiger partial charge < -0.3 is 4.74 Å². The lowest BCUT2D eigenvalue weighted by Crippen LogP contribution is -2.36. The van der Waals surface area contributed by atoms with Gasteiger partial charge in [-0.2, -0.15) is 0 Å². The fourth-order valence-corrected chi connectivity index (χ4v) is 1.16. The minimum atomic E-state index is -0.493. The molecule has 5 heteroatoms. The number of esters is 1. The van der Waals surface area contributed by atoms with Gasteiger partial charge in [-0.1, -0.05) is 6.92 Å². The summed E-state index contributed by atoms with van der Waals surface area (Å²) in [7, 11) is 1.27. The van der Waals surface area contributed by atoms with Crippen molar-refractivity contribution in [2.24, 2.45) is 5.92 Å². The minimum Gasteiger partial charge on any atom is -0.469 e. The lowest BCUT2D eigenvalue weighted by molar-refractivity contribution is -0.147. The number of rotatable bonds is 3. The Morgan fingerprint density at radius 2 is 1.93 bits per heavy atom. The van der Waals surface area contributed by atoms with Crippen LogP contribution in [0.5, 0.6) is 0 Å². The monoisotopic (exact) mass is 197 g/mol. The van der Waals surface area contributed by atoms with Gasteiger partial charge in [0.2, 0.25) is 0 Å². The van der Waals surface area contributed by atoms with Crippen LogP contribution in [0.1, 0.15) is 6.92 Å². The lowest BCUT2D eigenvalue weighted by Gasteiger charge is -2.17. The van der Waals surface area contributed by atoms with E-state index < -0.39 is 11.9 Å². The van der Waals surface area contributed by atoms with Crippen molar-refractivity contribution in [1.82, 2.24) is 4.90 Å². The second kappa shape index (κ2) is 4.04. The summed E-state index contributed by atoms with van der Waals surface area (Å²) in [5.74, 6) is -1.69. The van der Waals surface area contributed by atoms with Crippen LogP contribution in [0.4, 0.5) is 0 Å². The standard InChI is InChI=1S/C9H11NO4/c1-6(9(13)14-2)5-10-7(11)3-4-8(10)12/h3-4,6H,5H2,1-2H3. The highest BCUT2D eigenvalue weighted by Crippen LogP contribution is 2.08. The molecule has 1 rings (SSSR count). The first-order valence-electron chi connectivity index (χ1n) is 4.17. The van der Waals surface area contributed by atoms with E-state index in [2.05, 4.69) is 4.74 Å². The fourth-order valence-electron chi connectivity index (χ4n) is 1.16. The number of amides is 2. The Hall–Kier alpha value is -1.65. The third-order valence-corrected chi connectivity index (χ3v) is 1.96. The van der Waals surface area contributed by atoms with Crippen LogP contribution < -0.4 is 0 Å². The van der Waals surface area contributed by atoms with E-state index in [1.54, 1.807) is 6.92 Å². The lowest BCUT2D eigenvalue weighted by atomic mass is 10.2. The van der Waals surface area contributed by atoms with Crippen LogP contribution in [-0.2, 0) is 19.1 Å². The Balaban J connectivity index is 2.57. The van der Waals surface area contributed by atoms with Gasteiger partial charge in [0, 0.05) is 18.7 Å². The topological polar surface area (TPSA) is 63.7 Å². The molecule has 0 aromatic heterocycles. The Labute approximate surface area is 81.3 Å². The average Bonchev–Trinajstić information content (AvgIpc) is 2.48. The molecule has 1 aliphatic rings. The molecular formula is C9H11NO4. The molecule has 0 saturated heterocycles. The van der Waals surface area contributed by atoms with E-state index in [4.69, 9.17) is 0 Å². The molecular weight excluding hydrogens is 186 g/mol. The predicted molar refractivity (Wildman–Crippen MR) is 47.0 cm³/mol. The molecule has 0 aromatic carbocycles. The molecule has 1 heterocycles. The molecule has 1 unspecified atom stereocenters. The molecule has 76 valence electrons. The number of carbonyl (C=O) groups excluding carboxylic acids is 3. The normalized spacial score (nSPS) is 17.4. The second-order valence-corrected chi connectivity index (χ2v) is 3.04. The van der Waals surface area contributed by atoms with Crippen LogP contribution in [-0.4, -0.2) is 36.3 Å². The minimum absolute atomic E-state index is 0.0668. The average molecular weight is 197 g/mol. The van der Waals surface area contributed by atoms with Gasteiger partial charge in [0.1, 0.15) is 0 Å². The van der Waals surface area contributed by atoms with Crippen molar-refractivity contribution in [3.63, 3.8) is 0 Å². The molecule has 0 bridgehead atoms. The van der Waals surface area contributed by atoms with Crippen LogP contribution in [0.3, 0.4) is 0 Å². The molecule has 0 fully saturated rings. The van der Waals surface area contributed by atoms with E-state index in [0.717, 1.165) is 4.90 Å². The number of ether oxygens (including phenoxy) is 1.